The first-order valence-electron chi connectivity index (χ1n) is 26.3. The predicted molar refractivity (Wildman–Crippen MR) is 291 cm³/mol. The molecule has 4 atom stereocenters. The van der Waals surface area contributed by atoms with Crippen LogP contribution in [0.5, 0.6) is 0 Å². The van der Waals surface area contributed by atoms with Crippen LogP contribution in [0.1, 0.15) is 146 Å². The summed E-state index contributed by atoms with van der Waals surface area (Å²) in [5.74, 6) is -1.32. The van der Waals surface area contributed by atoms with Crippen LogP contribution in [0.25, 0.3) is 0 Å². The second-order valence-corrected chi connectivity index (χ2v) is 28.1. The van der Waals surface area contributed by atoms with Crippen LogP contribution < -0.4 is 29.9 Å². The van der Waals surface area contributed by atoms with E-state index in [1.165, 1.54) is 44.0 Å². The molecule has 0 aromatic heterocycles. The molecule has 0 bridgehead atoms. The van der Waals surface area contributed by atoms with Crippen LogP contribution in [-0.4, -0.2) is 95.1 Å². The van der Waals surface area contributed by atoms with E-state index in [1.54, 1.807) is 84.0 Å². The number of amides is 2. The van der Waals surface area contributed by atoms with E-state index >= 15 is 0 Å². The second kappa shape index (κ2) is 19.5. The third-order valence-corrected chi connectivity index (χ3v) is 19.5. The van der Waals surface area contributed by atoms with Gasteiger partial charge < -0.3 is 40.1 Å². The lowest BCUT2D eigenvalue weighted by molar-refractivity contribution is -0.181. The fourth-order valence-electron chi connectivity index (χ4n) is 11.5. The molecule has 2 aliphatic carbocycles. The zero-order chi connectivity index (χ0) is 54.2. The third kappa shape index (κ3) is 12.1. The van der Waals surface area contributed by atoms with Gasteiger partial charge in [0.05, 0.1) is 34.1 Å². The molecule has 2 spiro atoms. The number of aliphatic hydroxyl groups excluding tert-OH is 1. The standard InChI is InChI=1S/C57H76N6O10S2/c1-51(2,3)60-74(68,69)43-14-10-12-41(32-43)58-49(65)45-18-16-38(53(7,67)36-64)30-47(45)63-28-24-57(25-29-63)35-40(57)34-55(9)72-37-54(8,73-55)39-17-19-46(48(31-39)62-26-22-56(20-21-56)23-27-62)50(66)59-42-13-11-15-44(33-42)75(70,71)61-52(4,5)6/h10-19,30-33,40,60-61,64,67H,20-29,34-37H2,1-9H3,(H,58,65)(H,59,66)/t40?,53-,54?,55?/m0/s1. The van der Waals surface area contributed by atoms with Gasteiger partial charge in [0.25, 0.3) is 11.8 Å². The molecule has 4 aromatic rings. The minimum absolute atomic E-state index is 0.0217. The summed E-state index contributed by atoms with van der Waals surface area (Å²) in [6, 6.07) is 23.3. The van der Waals surface area contributed by atoms with E-state index in [2.05, 4.69) is 35.9 Å². The lowest BCUT2D eigenvalue weighted by Crippen LogP contribution is -2.40. The van der Waals surface area contributed by atoms with E-state index in [0.29, 0.717) is 71.2 Å². The lowest BCUT2D eigenvalue weighted by Gasteiger charge is -2.37. The van der Waals surface area contributed by atoms with Crippen LogP contribution in [-0.2, 0) is 40.7 Å². The first kappa shape index (κ1) is 54.9. The number of hydrogen-bond acceptors (Lipinski definition) is 12. The van der Waals surface area contributed by atoms with Gasteiger partial charge in [0.2, 0.25) is 20.0 Å². The summed E-state index contributed by atoms with van der Waals surface area (Å²) >= 11 is 0. The van der Waals surface area contributed by atoms with Crippen LogP contribution in [0, 0.1) is 16.7 Å². The van der Waals surface area contributed by atoms with Crippen molar-refractivity contribution in [3.05, 3.63) is 107 Å². The summed E-state index contributed by atoms with van der Waals surface area (Å²) in [7, 11) is -7.69. The second-order valence-electron chi connectivity index (χ2n) is 24.8. The Kier molecular flexibility index (Phi) is 14.3. The van der Waals surface area contributed by atoms with Crippen LogP contribution in [0.3, 0.4) is 0 Å². The lowest BCUT2D eigenvalue weighted by atomic mass is 9.87. The van der Waals surface area contributed by atoms with Gasteiger partial charge >= 0.3 is 0 Å². The summed E-state index contributed by atoms with van der Waals surface area (Å²) in [4.78, 5) is 32.9. The quantitative estimate of drug-likeness (QED) is 0.0660. The van der Waals surface area contributed by atoms with Gasteiger partial charge in [-0.1, -0.05) is 24.3 Å². The van der Waals surface area contributed by atoms with Crippen molar-refractivity contribution in [1.82, 2.24) is 9.44 Å². The Morgan fingerprint density at radius 3 is 1.65 bits per heavy atom. The highest BCUT2D eigenvalue weighted by Gasteiger charge is 2.59. The van der Waals surface area contributed by atoms with Gasteiger partial charge in [0.1, 0.15) is 11.2 Å². The number of rotatable bonds is 15. The molecule has 0 radical (unpaired) electrons. The fraction of sp³-hybridized carbons (Fsp3) is 0.544. The smallest absolute Gasteiger partial charge is 0.257 e. The Hall–Kier alpha value is -4.92. The van der Waals surface area contributed by atoms with Gasteiger partial charge in [0, 0.05) is 66.4 Å². The number of nitrogens with zero attached hydrogens (tertiary/aromatic N) is 2. The molecule has 9 rings (SSSR count). The average molecular weight is 1070 g/mol. The maximum atomic E-state index is 14.2. The summed E-state index contributed by atoms with van der Waals surface area (Å²) in [6.07, 6.45) is 8.00. The molecule has 75 heavy (non-hydrogen) atoms. The number of carbonyl (C=O) groups excluding carboxylic acids is 2. The van der Waals surface area contributed by atoms with Crippen LogP contribution in [0.15, 0.2) is 94.7 Å². The van der Waals surface area contributed by atoms with Crippen molar-refractivity contribution in [3.63, 3.8) is 0 Å². The average Bonchev–Trinajstić information content (AvgIpc) is 4.22. The SMILES string of the molecule is CC(C)(C)NS(=O)(=O)c1cccc(NC(=O)c2ccc(C3(C)COC(C)(CC4CC45CCN(c4cc([C@@](C)(O)CO)ccc4C(=O)Nc4cccc(S(=O)(=O)NC(C)(C)C)c4)CC5)O3)cc2N2CCC3(CC2)CC3)c1. The molecular weight excluding hydrogens is 993 g/mol. The Balaban J connectivity index is 0.883. The van der Waals surface area contributed by atoms with Gasteiger partial charge in [-0.05, 0) is 196 Å². The van der Waals surface area contributed by atoms with Gasteiger partial charge in [-0.15, -0.1) is 0 Å². The van der Waals surface area contributed by atoms with Crippen molar-refractivity contribution >= 4 is 54.6 Å². The Bertz CT molecular complexity index is 3070. The Morgan fingerprint density at radius 2 is 1.16 bits per heavy atom. The number of hydrogen-bond donors (Lipinski definition) is 6. The highest BCUT2D eigenvalue weighted by atomic mass is 32.2. The highest BCUT2D eigenvalue weighted by molar-refractivity contribution is 7.89. The molecule has 2 saturated carbocycles. The molecule has 406 valence electrons. The highest BCUT2D eigenvalue weighted by Crippen LogP contribution is 2.63. The number of piperidine rings is 2. The number of anilines is 4. The van der Waals surface area contributed by atoms with Gasteiger partial charge in [-0.25, -0.2) is 26.3 Å². The Morgan fingerprint density at radius 1 is 0.667 bits per heavy atom. The number of sulfonamides is 2. The normalized spacial score (nSPS) is 24.2. The number of aliphatic hydroxyl groups is 2. The molecule has 18 heteroatoms. The van der Waals surface area contributed by atoms with E-state index in [0.717, 1.165) is 56.4 Å². The molecular formula is C57H76N6O10S2. The maximum absolute atomic E-state index is 14.2. The Labute approximate surface area is 443 Å². The first-order chi connectivity index (χ1) is 34.9. The zero-order valence-corrected chi connectivity index (χ0v) is 46.6. The number of ether oxygens (including phenoxy) is 2. The minimum atomic E-state index is -3.86. The van der Waals surface area contributed by atoms with Crippen LogP contribution >= 0.6 is 0 Å². The predicted octanol–water partition coefficient (Wildman–Crippen LogP) is 8.60. The molecule has 6 N–H and O–H groups in total. The van der Waals surface area contributed by atoms with Gasteiger partial charge in [-0.3, -0.25) is 9.59 Å². The number of benzene rings is 4. The van der Waals surface area contributed by atoms with Gasteiger partial charge in [0.15, 0.2) is 5.79 Å². The zero-order valence-electron chi connectivity index (χ0n) is 44.9. The monoisotopic (exact) mass is 1070 g/mol. The van der Waals surface area contributed by atoms with Crippen LogP contribution in [0.4, 0.5) is 22.7 Å². The molecule has 3 aliphatic heterocycles. The summed E-state index contributed by atoms with van der Waals surface area (Å²) in [5.41, 5.74) is 1.05. The topological polar surface area (TPSA) is 216 Å². The fourth-order valence-corrected chi connectivity index (χ4v) is 14.4. The van der Waals surface area contributed by atoms with Gasteiger partial charge in [-0.2, -0.15) is 0 Å². The summed E-state index contributed by atoms with van der Waals surface area (Å²) < 4.78 is 71.6. The van der Waals surface area contributed by atoms with Crippen molar-refractivity contribution in [2.24, 2.45) is 16.7 Å². The van der Waals surface area contributed by atoms with Crippen molar-refractivity contribution < 1.29 is 46.1 Å². The molecule has 5 fully saturated rings. The molecule has 3 unspecified atom stereocenters. The molecule has 5 aliphatic rings. The molecule has 3 heterocycles. The first-order valence-corrected chi connectivity index (χ1v) is 29.3. The summed E-state index contributed by atoms with van der Waals surface area (Å²) in [6.45, 7) is 18.9. The number of carbonyl (C=O) groups is 2. The van der Waals surface area contributed by atoms with E-state index in [9.17, 15) is 36.6 Å². The van der Waals surface area contributed by atoms with E-state index in [-0.39, 0.29) is 21.1 Å². The van der Waals surface area contributed by atoms with E-state index in [1.807, 2.05) is 26.0 Å². The summed E-state index contributed by atoms with van der Waals surface area (Å²) in [5, 5.41) is 27.1. The largest absolute Gasteiger partial charge is 0.393 e. The number of nitrogens with one attached hydrogen (secondary N) is 4. The van der Waals surface area contributed by atoms with Crippen molar-refractivity contribution in [1.29, 1.82) is 0 Å². The molecule has 2 amide bonds. The van der Waals surface area contributed by atoms with Crippen molar-refractivity contribution in [2.45, 2.75) is 152 Å². The molecule has 4 aromatic carbocycles. The maximum Gasteiger partial charge on any atom is 0.257 e. The van der Waals surface area contributed by atoms with Crippen molar-refractivity contribution in [3.8, 4) is 0 Å². The van der Waals surface area contributed by atoms with Crippen LogP contribution in [0.2, 0.25) is 0 Å². The molecule has 16 nitrogen and oxygen atoms in total. The van der Waals surface area contributed by atoms with E-state index < -0.39 is 60.6 Å². The van der Waals surface area contributed by atoms with E-state index in [4.69, 9.17) is 9.47 Å². The minimum Gasteiger partial charge on any atom is -0.393 e. The van der Waals surface area contributed by atoms with Crippen molar-refractivity contribution in [2.75, 3.05) is 59.8 Å². The molecule has 3 saturated heterocycles. The third-order valence-electron chi connectivity index (χ3n) is 16.0.